The average Bonchev–Trinajstić information content (AvgIpc) is 3.70. The largest absolute Gasteiger partial charge is 0.343 e. The van der Waals surface area contributed by atoms with Crippen LogP contribution in [0.15, 0.2) is 40.9 Å². The van der Waals surface area contributed by atoms with Gasteiger partial charge in [-0.2, -0.15) is 4.98 Å². The van der Waals surface area contributed by atoms with Crippen LogP contribution < -0.4 is 4.90 Å². The summed E-state index contributed by atoms with van der Waals surface area (Å²) in [5, 5.41) is 12.7. The Hall–Kier alpha value is -4.08. The number of benzene rings is 2. The summed E-state index contributed by atoms with van der Waals surface area (Å²) >= 11 is 0. The van der Waals surface area contributed by atoms with E-state index < -0.39 is 0 Å². The van der Waals surface area contributed by atoms with Gasteiger partial charge in [0.25, 0.3) is 0 Å². The van der Waals surface area contributed by atoms with E-state index in [0.29, 0.717) is 43.2 Å². The molecule has 2 fully saturated rings. The summed E-state index contributed by atoms with van der Waals surface area (Å²) in [6.45, 7) is 6.81. The number of aryl methyl sites for hydroxylation is 3. The number of aromatic nitrogens is 5. The fraction of sp³-hybridized carbons (Fsp3) is 0.407. The van der Waals surface area contributed by atoms with Crippen molar-refractivity contribution in [3.05, 3.63) is 53.4 Å². The van der Waals surface area contributed by atoms with E-state index in [9.17, 15) is 9.59 Å². The second-order valence-corrected chi connectivity index (χ2v) is 9.98. The first-order valence-electron chi connectivity index (χ1n) is 12.8. The Morgan fingerprint density at radius 1 is 1.08 bits per heavy atom. The Balaban J connectivity index is 1.15. The zero-order valence-corrected chi connectivity index (χ0v) is 21.1. The SMILES string of the molecule is Cc1ccc(N2C[C@H](c3nc(-c4ccc5c(c4)nnn5CCC(=O)N4CCCC4)no3)CC2=O)cc1C. The molecule has 2 amide bonds. The van der Waals surface area contributed by atoms with Crippen molar-refractivity contribution in [3.8, 4) is 11.4 Å². The lowest BCUT2D eigenvalue weighted by atomic mass is 10.1. The Kier molecular flexibility index (Phi) is 5.94. The number of anilines is 1. The number of hydrogen-bond donors (Lipinski definition) is 0. The van der Waals surface area contributed by atoms with Crippen LogP contribution >= 0.6 is 0 Å². The molecule has 4 heterocycles. The number of likely N-dealkylation sites (tertiary alicyclic amines) is 1. The number of rotatable bonds is 6. The predicted octanol–water partition coefficient (Wildman–Crippen LogP) is 3.63. The third-order valence-corrected chi connectivity index (χ3v) is 7.49. The van der Waals surface area contributed by atoms with Gasteiger partial charge in [-0.25, -0.2) is 4.68 Å². The molecule has 0 unspecified atom stereocenters. The van der Waals surface area contributed by atoms with Gasteiger partial charge in [-0.15, -0.1) is 5.10 Å². The Morgan fingerprint density at radius 3 is 2.73 bits per heavy atom. The lowest BCUT2D eigenvalue weighted by molar-refractivity contribution is -0.130. The summed E-state index contributed by atoms with van der Waals surface area (Å²) in [6, 6.07) is 11.7. The molecule has 1 atom stereocenters. The molecule has 2 aliphatic heterocycles. The van der Waals surface area contributed by atoms with Gasteiger partial charge in [0, 0.05) is 43.7 Å². The van der Waals surface area contributed by atoms with Crippen molar-refractivity contribution >= 4 is 28.5 Å². The number of nitrogens with zero attached hydrogens (tertiary/aromatic N) is 7. The van der Waals surface area contributed by atoms with Gasteiger partial charge in [-0.05, 0) is 68.1 Å². The second-order valence-electron chi connectivity index (χ2n) is 9.98. The fourth-order valence-electron chi connectivity index (χ4n) is 5.14. The number of carbonyl (C=O) groups excluding carboxylic acids is 2. The Bertz CT molecular complexity index is 1480. The normalized spacial score (nSPS) is 17.9. The first-order valence-corrected chi connectivity index (χ1v) is 12.8. The summed E-state index contributed by atoms with van der Waals surface area (Å²) in [6.07, 6.45) is 2.91. The van der Waals surface area contributed by atoms with Crippen LogP contribution in [-0.4, -0.2) is 61.5 Å². The third kappa shape index (κ3) is 4.47. The van der Waals surface area contributed by atoms with Crippen molar-refractivity contribution < 1.29 is 14.1 Å². The summed E-state index contributed by atoms with van der Waals surface area (Å²) in [5.74, 6) is 0.965. The quantitative estimate of drug-likeness (QED) is 0.398. The van der Waals surface area contributed by atoms with Gasteiger partial charge in [0.2, 0.25) is 23.5 Å². The van der Waals surface area contributed by atoms with Gasteiger partial charge in [-0.1, -0.05) is 16.4 Å². The van der Waals surface area contributed by atoms with Gasteiger partial charge in [-0.3, -0.25) is 9.59 Å². The summed E-state index contributed by atoms with van der Waals surface area (Å²) in [4.78, 5) is 33.5. The minimum atomic E-state index is -0.159. The Labute approximate surface area is 214 Å². The van der Waals surface area contributed by atoms with E-state index >= 15 is 0 Å². The van der Waals surface area contributed by atoms with Crippen molar-refractivity contribution in [1.29, 1.82) is 0 Å². The maximum absolute atomic E-state index is 12.7. The molecule has 4 aromatic rings. The molecule has 0 radical (unpaired) electrons. The molecule has 2 aliphatic rings. The molecular formula is C27H29N7O3. The zero-order valence-electron chi connectivity index (χ0n) is 21.1. The number of carbonyl (C=O) groups is 2. The first-order chi connectivity index (χ1) is 18.0. The first kappa shape index (κ1) is 23.3. The van der Waals surface area contributed by atoms with Gasteiger partial charge >= 0.3 is 0 Å². The standard InChI is InChI=1S/C27H29N7O3/c1-17-5-7-21(13-18(17)2)33-16-20(15-25(33)36)27-28-26(30-37-27)19-6-8-23-22(14-19)29-31-34(23)12-9-24(35)32-10-3-4-11-32/h5-8,13-14,20H,3-4,9-12,15-16H2,1-2H3/t20-/m1/s1. The van der Waals surface area contributed by atoms with Crippen LogP contribution in [0.2, 0.25) is 0 Å². The lowest BCUT2D eigenvalue weighted by Crippen LogP contribution is -2.28. The van der Waals surface area contributed by atoms with E-state index in [4.69, 9.17) is 4.52 Å². The molecule has 0 saturated carbocycles. The number of hydrogen-bond acceptors (Lipinski definition) is 7. The molecule has 0 aliphatic carbocycles. The average molecular weight is 500 g/mol. The maximum Gasteiger partial charge on any atom is 0.232 e. The van der Waals surface area contributed by atoms with E-state index in [-0.39, 0.29) is 17.7 Å². The van der Waals surface area contributed by atoms with Crippen molar-refractivity contribution in [2.75, 3.05) is 24.5 Å². The molecular weight excluding hydrogens is 470 g/mol. The summed E-state index contributed by atoms with van der Waals surface area (Å²) in [7, 11) is 0. The molecule has 2 aromatic heterocycles. The van der Waals surface area contributed by atoms with Crippen LogP contribution in [0.1, 0.15) is 48.6 Å². The zero-order chi connectivity index (χ0) is 25.5. The van der Waals surface area contributed by atoms with Crippen LogP contribution in [0.3, 0.4) is 0 Å². The monoisotopic (exact) mass is 499 g/mol. The van der Waals surface area contributed by atoms with Crippen molar-refractivity contribution in [3.63, 3.8) is 0 Å². The highest BCUT2D eigenvalue weighted by Crippen LogP contribution is 2.33. The maximum atomic E-state index is 12.7. The van der Waals surface area contributed by atoms with Gasteiger partial charge in [0.05, 0.1) is 18.0 Å². The highest BCUT2D eigenvalue weighted by Gasteiger charge is 2.35. The number of fused-ring (bicyclic) bond motifs is 1. The molecule has 10 nitrogen and oxygen atoms in total. The van der Waals surface area contributed by atoms with Gasteiger partial charge in [0.1, 0.15) is 5.52 Å². The molecule has 2 saturated heterocycles. The minimum absolute atomic E-state index is 0.0502. The van der Waals surface area contributed by atoms with E-state index in [2.05, 4.69) is 27.4 Å². The third-order valence-electron chi connectivity index (χ3n) is 7.49. The van der Waals surface area contributed by atoms with Crippen LogP contribution in [-0.2, 0) is 16.1 Å². The Morgan fingerprint density at radius 2 is 1.92 bits per heavy atom. The van der Waals surface area contributed by atoms with Crippen LogP contribution in [0.5, 0.6) is 0 Å². The van der Waals surface area contributed by atoms with Crippen molar-refractivity contribution in [1.82, 2.24) is 30.0 Å². The highest BCUT2D eigenvalue weighted by molar-refractivity contribution is 5.96. The fourth-order valence-corrected chi connectivity index (χ4v) is 5.14. The lowest BCUT2D eigenvalue weighted by Gasteiger charge is -2.17. The van der Waals surface area contributed by atoms with Crippen molar-refractivity contribution in [2.24, 2.45) is 0 Å². The summed E-state index contributed by atoms with van der Waals surface area (Å²) < 4.78 is 7.35. The van der Waals surface area contributed by atoms with Crippen molar-refractivity contribution in [2.45, 2.75) is 52.0 Å². The molecule has 37 heavy (non-hydrogen) atoms. The van der Waals surface area contributed by atoms with Gasteiger partial charge in [0.15, 0.2) is 0 Å². The van der Waals surface area contributed by atoms with Crippen LogP contribution in [0.25, 0.3) is 22.4 Å². The van der Waals surface area contributed by atoms with Gasteiger partial charge < -0.3 is 14.3 Å². The van der Waals surface area contributed by atoms with E-state index in [0.717, 1.165) is 48.3 Å². The van der Waals surface area contributed by atoms with E-state index in [1.807, 2.05) is 48.2 Å². The van der Waals surface area contributed by atoms with Crippen LogP contribution in [0.4, 0.5) is 5.69 Å². The molecule has 6 rings (SSSR count). The second kappa shape index (κ2) is 9.42. The molecule has 190 valence electrons. The van der Waals surface area contributed by atoms with Crippen LogP contribution in [0, 0.1) is 13.8 Å². The molecule has 10 heteroatoms. The summed E-state index contributed by atoms with van der Waals surface area (Å²) in [5.41, 5.74) is 5.56. The van der Waals surface area contributed by atoms with E-state index in [1.54, 1.807) is 9.58 Å². The molecule has 0 bridgehead atoms. The number of amides is 2. The molecule has 2 aromatic carbocycles. The highest BCUT2D eigenvalue weighted by atomic mass is 16.5. The smallest absolute Gasteiger partial charge is 0.232 e. The molecule has 0 N–H and O–H groups in total. The minimum Gasteiger partial charge on any atom is -0.343 e. The predicted molar refractivity (Wildman–Crippen MR) is 137 cm³/mol. The molecule has 0 spiro atoms. The van der Waals surface area contributed by atoms with E-state index in [1.165, 1.54) is 5.56 Å². The topological polar surface area (TPSA) is 110 Å².